The minimum Gasteiger partial charge on any atom is -0.337 e. The summed E-state index contributed by atoms with van der Waals surface area (Å²) in [5.41, 5.74) is 2.89. The molecule has 0 spiro atoms. The largest absolute Gasteiger partial charge is 0.337 e. The number of hydrogen-bond donors (Lipinski definition) is 1. The summed E-state index contributed by atoms with van der Waals surface area (Å²) in [6, 6.07) is 16.0. The fraction of sp³-hybridized carbons (Fsp3) is 0.273. The Morgan fingerprint density at radius 1 is 1.19 bits per heavy atom. The van der Waals surface area contributed by atoms with Gasteiger partial charge in [-0.15, -0.1) is 0 Å². The number of aromatic nitrogens is 1. The zero-order chi connectivity index (χ0) is 18.8. The average Bonchev–Trinajstić information content (AvgIpc) is 2.73. The number of nitrogens with zero attached hydrogens (tertiary/aromatic N) is 2. The van der Waals surface area contributed by atoms with Crippen LogP contribution in [0.3, 0.4) is 0 Å². The Morgan fingerprint density at radius 2 is 1.96 bits per heavy atom. The van der Waals surface area contributed by atoms with Gasteiger partial charge in [0.2, 0.25) is 0 Å². The lowest BCUT2D eigenvalue weighted by atomic mass is 10.0. The van der Waals surface area contributed by atoms with Crippen molar-refractivity contribution in [2.24, 2.45) is 0 Å². The smallest absolute Gasteiger partial charge is 0.254 e. The fourth-order valence-electron chi connectivity index (χ4n) is 3.69. The van der Waals surface area contributed by atoms with E-state index in [0.717, 1.165) is 35.9 Å². The van der Waals surface area contributed by atoms with E-state index in [2.05, 4.69) is 10.3 Å². The standard InChI is InChI=1S/C22H22FN3O/c1-24-17-5-4-12-26(14-17)22(27)19-13-21(15-8-10-16(23)11-9-15)25-20-7-3-2-6-18(19)20/h2-3,6-11,13,17,24H,4-5,12,14H2,1H3. The second kappa shape index (κ2) is 7.45. The van der Waals surface area contributed by atoms with Gasteiger partial charge in [-0.3, -0.25) is 4.79 Å². The molecule has 1 atom stereocenters. The first-order valence-corrected chi connectivity index (χ1v) is 9.28. The van der Waals surface area contributed by atoms with E-state index in [-0.39, 0.29) is 11.7 Å². The molecular weight excluding hydrogens is 341 g/mol. The van der Waals surface area contributed by atoms with Crippen LogP contribution in [-0.4, -0.2) is 42.0 Å². The summed E-state index contributed by atoms with van der Waals surface area (Å²) in [6.45, 7) is 1.47. The predicted molar refractivity (Wildman–Crippen MR) is 105 cm³/mol. The number of piperidine rings is 1. The summed E-state index contributed by atoms with van der Waals surface area (Å²) in [5.74, 6) is -0.265. The molecule has 5 heteroatoms. The molecule has 3 aromatic rings. The van der Waals surface area contributed by atoms with Gasteiger partial charge in [0.25, 0.3) is 5.91 Å². The molecule has 2 heterocycles. The molecule has 2 aromatic carbocycles. The third-order valence-electron chi connectivity index (χ3n) is 5.20. The first-order chi connectivity index (χ1) is 13.2. The SMILES string of the molecule is CNC1CCCN(C(=O)c2cc(-c3ccc(F)cc3)nc3ccccc23)C1. The van der Waals surface area contributed by atoms with Crippen molar-refractivity contribution < 1.29 is 9.18 Å². The number of amides is 1. The zero-order valence-corrected chi connectivity index (χ0v) is 15.3. The number of nitrogens with one attached hydrogen (secondary N) is 1. The highest BCUT2D eigenvalue weighted by molar-refractivity contribution is 6.07. The van der Waals surface area contributed by atoms with Crippen LogP contribution in [0.5, 0.6) is 0 Å². The van der Waals surface area contributed by atoms with Crippen LogP contribution in [-0.2, 0) is 0 Å². The van der Waals surface area contributed by atoms with Crippen LogP contribution >= 0.6 is 0 Å². The van der Waals surface area contributed by atoms with E-state index < -0.39 is 0 Å². The van der Waals surface area contributed by atoms with Crippen molar-refractivity contribution in [3.05, 3.63) is 66.0 Å². The fourth-order valence-corrected chi connectivity index (χ4v) is 3.69. The molecule has 0 radical (unpaired) electrons. The maximum atomic E-state index is 13.3. The molecule has 1 unspecified atom stereocenters. The molecule has 0 saturated carbocycles. The molecule has 1 aromatic heterocycles. The highest BCUT2D eigenvalue weighted by Crippen LogP contribution is 2.27. The van der Waals surface area contributed by atoms with Gasteiger partial charge in [0.05, 0.1) is 16.8 Å². The van der Waals surface area contributed by atoms with Gasteiger partial charge < -0.3 is 10.2 Å². The Balaban J connectivity index is 1.78. The normalized spacial score (nSPS) is 17.3. The number of likely N-dealkylation sites (N-methyl/N-ethyl adjacent to an activating group) is 1. The number of pyridine rings is 1. The molecule has 1 aliphatic heterocycles. The number of likely N-dealkylation sites (tertiary alicyclic amines) is 1. The maximum absolute atomic E-state index is 13.3. The summed E-state index contributed by atoms with van der Waals surface area (Å²) in [6.07, 6.45) is 2.07. The zero-order valence-electron chi connectivity index (χ0n) is 15.3. The molecule has 27 heavy (non-hydrogen) atoms. The number of hydrogen-bond acceptors (Lipinski definition) is 3. The van der Waals surface area contributed by atoms with E-state index in [1.54, 1.807) is 12.1 Å². The third-order valence-corrected chi connectivity index (χ3v) is 5.20. The quantitative estimate of drug-likeness (QED) is 0.768. The topological polar surface area (TPSA) is 45.2 Å². The first-order valence-electron chi connectivity index (χ1n) is 9.28. The second-order valence-electron chi connectivity index (χ2n) is 6.96. The number of carbonyl (C=O) groups is 1. The molecule has 1 saturated heterocycles. The summed E-state index contributed by atoms with van der Waals surface area (Å²) >= 11 is 0. The monoisotopic (exact) mass is 363 g/mol. The van der Waals surface area contributed by atoms with Crippen LogP contribution in [0.25, 0.3) is 22.2 Å². The van der Waals surface area contributed by atoms with E-state index in [1.807, 2.05) is 42.3 Å². The molecule has 1 aliphatic rings. The highest BCUT2D eigenvalue weighted by atomic mass is 19.1. The van der Waals surface area contributed by atoms with Crippen molar-refractivity contribution in [3.8, 4) is 11.3 Å². The van der Waals surface area contributed by atoms with E-state index in [0.29, 0.717) is 23.8 Å². The van der Waals surface area contributed by atoms with Gasteiger partial charge in [0.15, 0.2) is 0 Å². The van der Waals surface area contributed by atoms with E-state index in [9.17, 15) is 9.18 Å². The molecule has 4 nitrogen and oxygen atoms in total. The maximum Gasteiger partial charge on any atom is 0.254 e. The number of para-hydroxylation sites is 1. The van der Waals surface area contributed by atoms with Crippen LogP contribution in [0, 0.1) is 5.82 Å². The van der Waals surface area contributed by atoms with Gasteiger partial charge in [-0.1, -0.05) is 18.2 Å². The number of rotatable bonds is 3. The van der Waals surface area contributed by atoms with Crippen molar-refractivity contribution in [3.63, 3.8) is 0 Å². The third kappa shape index (κ3) is 3.55. The number of fused-ring (bicyclic) bond motifs is 1. The Kier molecular flexibility index (Phi) is 4.86. The van der Waals surface area contributed by atoms with Gasteiger partial charge in [0.1, 0.15) is 5.82 Å². The Morgan fingerprint density at radius 3 is 2.74 bits per heavy atom. The highest BCUT2D eigenvalue weighted by Gasteiger charge is 2.25. The minimum absolute atomic E-state index is 0.0249. The lowest BCUT2D eigenvalue weighted by molar-refractivity contribution is 0.0700. The Hall–Kier alpha value is -2.79. The van der Waals surface area contributed by atoms with Gasteiger partial charge in [-0.05, 0) is 56.3 Å². The number of halogens is 1. The molecule has 1 fully saturated rings. The molecule has 0 bridgehead atoms. The van der Waals surface area contributed by atoms with Crippen molar-refractivity contribution in [1.29, 1.82) is 0 Å². The summed E-state index contributed by atoms with van der Waals surface area (Å²) < 4.78 is 13.3. The average molecular weight is 363 g/mol. The van der Waals surface area contributed by atoms with Crippen LogP contribution in [0.4, 0.5) is 4.39 Å². The van der Waals surface area contributed by atoms with Crippen molar-refractivity contribution in [1.82, 2.24) is 15.2 Å². The lowest BCUT2D eigenvalue weighted by Crippen LogP contribution is -2.47. The lowest BCUT2D eigenvalue weighted by Gasteiger charge is -2.33. The van der Waals surface area contributed by atoms with Crippen molar-refractivity contribution in [2.75, 3.05) is 20.1 Å². The Bertz CT molecular complexity index is 971. The molecule has 0 aliphatic carbocycles. The van der Waals surface area contributed by atoms with Gasteiger partial charge in [-0.2, -0.15) is 0 Å². The second-order valence-corrected chi connectivity index (χ2v) is 6.96. The predicted octanol–water partition coefficient (Wildman–Crippen LogP) is 3.86. The minimum atomic E-state index is -0.290. The molecule has 138 valence electrons. The Labute approximate surface area is 158 Å². The molecule has 1 N–H and O–H groups in total. The van der Waals surface area contributed by atoms with E-state index >= 15 is 0 Å². The summed E-state index contributed by atoms with van der Waals surface area (Å²) in [7, 11) is 1.94. The van der Waals surface area contributed by atoms with Gasteiger partial charge >= 0.3 is 0 Å². The summed E-state index contributed by atoms with van der Waals surface area (Å²) in [5, 5.41) is 4.13. The van der Waals surface area contributed by atoms with Crippen LogP contribution in [0.15, 0.2) is 54.6 Å². The van der Waals surface area contributed by atoms with E-state index in [1.165, 1.54) is 12.1 Å². The molecular formula is C22H22FN3O. The van der Waals surface area contributed by atoms with E-state index in [4.69, 9.17) is 0 Å². The van der Waals surface area contributed by atoms with Crippen LogP contribution in [0.1, 0.15) is 23.2 Å². The molecule has 4 rings (SSSR count). The van der Waals surface area contributed by atoms with Crippen molar-refractivity contribution in [2.45, 2.75) is 18.9 Å². The first kappa shape index (κ1) is 17.6. The summed E-state index contributed by atoms with van der Waals surface area (Å²) in [4.78, 5) is 19.9. The number of benzene rings is 2. The van der Waals surface area contributed by atoms with Crippen molar-refractivity contribution >= 4 is 16.8 Å². The van der Waals surface area contributed by atoms with Gasteiger partial charge in [-0.25, -0.2) is 9.37 Å². The molecule has 1 amide bonds. The van der Waals surface area contributed by atoms with Gasteiger partial charge in [0, 0.05) is 30.1 Å². The number of carbonyl (C=O) groups excluding carboxylic acids is 1. The van der Waals surface area contributed by atoms with Crippen LogP contribution < -0.4 is 5.32 Å². The van der Waals surface area contributed by atoms with Crippen LogP contribution in [0.2, 0.25) is 0 Å².